The number of carbonyl (C=O) groups is 3. The van der Waals surface area contributed by atoms with Crippen LogP contribution in [0.5, 0.6) is 11.5 Å². The highest BCUT2D eigenvalue weighted by atomic mass is 16.5. The predicted molar refractivity (Wildman–Crippen MR) is 137 cm³/mol. The Labute approximate surface area is 215 Å². The van der Waals surface area contributed by atoms with Gasteiger partial charge in [0, 0.05) is 6.42 Å². The molecule has 3 aromatic carbocycles. The zero-order valence-corrected chi connectivity index (χ0v) is 20.6. The van der Waals surface area contributed by atoms with Gasteiger partial charge < -0.3 is 20.1 Å². The first-order chi connectivity index (χ1) is 17.9. The van der Waals surface area contributed by atoms with E-state index in [1.807, 2.05) is 60.7 Å². The summed E-state index contributed by atoms with van der Waals surface area (Å²) in [5, 5.41) is 5.78. The van der Waals surface area contributed by atoms with Crippen molar-refractivity contribution in [1.82, 2.24) is 15.5 Å². The molecular weight excluding hydrogens is 470 g/mol. The number of benzene rings is 3. The Balaban J connectivity index is 1.32. The van der Waals surface area contributed by atoms with Crippen LogP contribution in [-0.2, 0) is 21.5 Å². The molecule has 0 saturated carbocycles. The third-order valence-corrected chi connectivity index (χ3v) is 6.72. The molecule has 2 heterocycles. The van der Waals surface area contributed by atoms with Gasteiger partial charge in [-0.05, 0) is 42.2 Å². The van der Waals surface area contributed by atoms with Gasteiger partial charge in [0.1, 0.15) is 12.1 Å². The zero-order valence-electron chi connectivity index (χ0n) is 20.6. The van der Waals surface area contributed by atoms with E-state index in [0.717, 1.165) is 22.4 Å². The molecule has 0 aliphatic carbocycles. The van der Waals surface area contributed by atoms with Crippen molar-refractivity contribution in [2.24, 2.45) is 0 Å². The molecule has 8 heteroatoms. The van der Waals surface area contributed by atoms with Crippen LogP contribution in [0.1, 0.15) is 36.1 Å². The molecule has 190 valence electrons. The van der Waals surface area contributed by atoms with Crippen molar-refractivity contribution < 1.29 is 23.9 Å². The number of hydrogen-bond acceptors (Lipinski definition) is 5. The number of nitrogens with one attached hydrogen (secondary N) is 2. The van der Waals surface area contributed by atoms with Gasteiger partial charge in [0.15, 0.2) is 11.5 Å². The van der Waals surface area contributed by atoms with E-state index in [4.69, 9.17) is 9.47 Å². The van der Waals surface area contributed by atoms with Gasteiger partial charge >= 0.3 is 6.03 Å². The Bertz CT molecular complexity index is 1300. The van der Waals surface area contributed by atoms with E-state index in [0.29, 0.717) is 36.7 Å². The van der Waals surface area contributed by atoms with Crippen molar-refractivity contribution in [3.63, 3.8) is 0 Å². The van der Waals surface area contributed by atoms with E-state index in [1.165, 1.54) is 0 Å². The minimum Gasteiger partial charge on any atom is -0.490 e. The summed E-state index contributed by atoms with van der Waals surface area (Å²) >= 11 is 0. The fraction of sp³-hybridized carbons (Fsp3) is 0.276. The molecule has 3 aromatic rings. The Morgan fingerprint density at radius 2 is 1.65 bits per heavy atom. The zero-order chi connectivity index (χ0) is 25.8. The average Bonchev–Trinajstić information content (AvgIpc) is 3.07. The quantitative estimate of drug-likeness (QED) is 0.483. The lowest BCUT2D eigenvalue weighted by Gasteiger charge is -2.24. The van der Waals surface area contributed by atoms with E-state index in [-0.39, 0.29) is 12.6 Å². The monoisotopic (exact) mass is 499 g/mol. The van der Waals surface area contributed by atoms with Crippen LogP contribution in [0.3, 0.4) is 0 Å². The van der Waals surface area contributed by atoms with Crippen LogP contribution in [0.4, 0.5) is 4.79 Å². The number of urea groups is 1. The lowest BCUT2D eigenvalue weighted by Crippen LogP contribution is -2.44. The van der Waals surface area contributed by atoms with Gasteiger partial charge in [-0.25, -0.2) is 4.79 Å². The summed E-state index contributed by atoms with van der Waals surface area (Å²) in [6.07, 6.45) is 1.33. The van der Waals surface area contributed by atoms with Crippen molar-refractivity contribution in [1.29, 1.82) is 0 Å². The Morgan fingerprint density at radius 1 is 0.973 bits per heavy atom. The van der Waals surface area contributed by atoms with Gasteiger partial charge in [0.2, 0.25) is 5.91 Å². The largest absolute Gasteiger partial charge is 0.490 e. The Hall–Kier alpha value is -4.33. The second-order valence-electron chi connectivity index (χ2n) is 9.38. The third kappa shape index (κ3) is 5.14. The second kappa shape index (κ2) is 10.3. The number of carbonyl (C=O) groups excluding carboxylic acids is 3. The lowest BCUT2D eigenvalue weighted by atomic mass is 9.91. The maximum absolute atomic E-state index is 13.4. The van der Waals surface area contributed by atoms with Crippen molar-refractivity contribution in [3.05, 3.63) is 95.6 Å². The molecular formula is C29H29N3O5. The lowest BCUT2D eigenvalue weighted by molar-refractivity contribution is -0.135. The highest BCUT2D eigenvalue weighted by Crippen LogP contribution is 2.36. The van der Waals surface area contributed by atoms with E-state index in [2.05, 4.69) is 10.6 Å². The fourth-order valence-corrected chi connectivity index (χ4v) is 4.68. The molecule has 2 aliphatic heterocycles. The maximum atomic E-state index is 13.4. The molecule has 0 spiro atoms. The summed E-state index contributed by atoms with van der Waals surface area (Å²) in [4.78, 5) is 40.4. The van der Waals surface area contributed by atoms with Crippen LogP contribution in [-0.4, -0.2) is 42.5 Å². The minimum absolute atomic E-state index is 0.315. The molecule has 4 amide bonds. The van der Waals surface area contributed by atoms with E-state index in [9.17, 15) is 14.4 Å². The number of hydrogen-bond donors (Lipinski definition) is 2. The molecule has 2 aliphatic rings. The minimum atomic E-state index is -1.33. The first-order valence-electron chi connectivity index (χ1n) is 12.4. The van der Waals surface area contributed by atoms with Crippen LogP contribution in [0.15, 0.2) is 78.9 Å². The van der Waals surface area contributed by atoms with Gasteiger partial charge in [-0.2, -0.15) is 0 Å². The van der Waals surface area contributed by atoms with E-state index < -0.39 is 23.4 Å². The van der Waals surface area contributed by atoms with Crippen molar-refractivity contribution in [2.75, 3.05) is 19.8 Å². The second-order valence-corrected chi connectivity index (χ2v) is 9.38. The molecule has 2 atom stereocenters. The molecule has 1 saturated heterocycles. The summed E-state index contributed by atoms with van der Waals surface area (Å²) < 4.78 is 11.4. The summed E-state index contributed by atoms with van der Waals surface area (Å²) in [5.74, 6) is 0.210. The molecule has 1 fully saturated rings. The highest BCUT2D eigenvalue weighted by molar-refractivity contribution is 6.09. The molecule has 0 aromatic heterocycles. The van der Waals surface area contributed by atoms with Crippen LogP contribution in [0.25, 0.3) is 0 Å². The number of rotatable bonds is 7. The molecule has 2 N–H and O–H groups in total. The Kier molecular flexibility index (Phi) is 6.81. The number of ether oxygens (including phenoxy) is 2. The summed E-state index contributed by atoms with van der Waals surface area (Å²) in [7, 11) is 0. The van der Waals surface area contributed by atoms with Gasteiger partial charge in [-0.15, -0.1) is 0 Å². The van der Waals surface area contributed by atoms with Crippen LogP contribution < -0.4 is 20.1 Å². The SMILES string of the molecule is C[C@]1(c2ccc3c(c2)OCCCO3)NC(=O)N(CC(=O)N[C@H](Cc2ccccc2)c2ccccc2)C1=O. The molecule has 0 bridgehead atoms. The highest BCUT2D eigenvalue weighted by Gasteiger charge is 2.50. The van der Waals surface area contributed by atoms with Gasteiger partial charge in [-0.3, -0.25) is 14.5 Å². The van der Waals surface area contributed by atoms with E-state index in [1.54, 1.807) is 25.1 Å². The normalized spacial score (nSPS) is 19.6. The van der Waals surface area contributed by atoms with Crippen molar-refractivity contribution in [2.45, 2.75) is 31.3 Å². The first-order valence-corrected chi connectivity index (χ1v) is 12.4. The summed E-state index contributed by atoms with van der Waals surface area (Å²) in [6.45, 7) is 2.30. The van der Waals surface area contributed by atoms with E-state index >= 15 is 0 Å². The molecule has 8 nitrogen and oxygen atoms in total. The average molecular weight is 500 g/mol. The predicted octanol–water partition coefficient (Wildman–Crippen LogP) is 3.72. The number of amides is 4. The number of imide groups is 1. The van der Waals surface area contributed by atoms with Gasteiger partial charge in [0.05, 0.1) is 19.3 Å². The molecule has 37 heavy (non-hydrogen) atoms. The summed E-state index contributed by atoms with van der Waals surface area (Å²) in [6, 6.07) is 23.7. The number of fused-ring (bicyclic) bond motifs is 1. The standard InChI is InChI=1S/C29H29N3O5/c1-29(22-13-14-24-25(18-22)37-16-8-15-36-24)27(34)32(28(35)31-29)19-26(33)30-23(21-11-6-3-7-12-21)17-20-9-4-2-5-10-20/h2-7,9-14,18,23H,8,15-17,19H2,1H3,(H,30,33)(H,31,35)/t23-,29-/m1/s1. The van der Waals surface area contributed by atoms with Crippen LogP contribution in [0, 0.1) is 0 Å². The van der Waals surface area contributed by atoms with Crippen LogP contribution >= 0.6 is 0 Å². The molecule has 0 radical (unpaired) electrons. The third-order valence-electron chi connectivity index (χ3n) is 6.72. The topological polar surface area (TPSA) is 97.0 Å². The van der Waals surface area contributed by atoms with Crippen LogP contribution in [0.2, 0.25) is 0 Å². The summed E-state index contributed by atoms with van der Waals surface area (Å²) in [5.41, 5.74) is 1.23. The smallest absolute Gasteiger partial charge is 0.325 e. The van der Waals surface area contributed by atoms with Gasteiger partial charge in [-0.1, -0.05) is 66.7 Å². The van der Waals surface area contributed by atoms with Gasteiger partial charge in [0.25, 0.3) is 5.91 Å². The molecule has 0 unspecified atom stereocenters. The fourth-order valence-electron chi connectivity index (χ4n) is 4.68. The maximum Gasteiger partial charge on any atom is 0.325 e. The van der Waals surface area contributed by atoms with Crippen molar-refractivity contribution in [3.8, 4) is 11.5 Å². The van der Waals surface area contributed by atoms with Crippen molar-refractivity contribution >= 4 is 17.8 Å². The first kappa shape index (κ1) is 24.4. The number of nitrogens with zero attached hydrogens (tertiary/aromatic N) is 1. The molecule has 5 rings (SSSR count). The Morgan fingerprint density at radius 3 is 2.38 bits per heavy atom.